The lowest BCUT2D eigenvalue weighted by Gasteiger charge is -2.36. The summed E-state index contributed by atoms with van der Waals surface area (Å²) in [6.07, 6.45) is 5.43. The fraction of sp³-hybridized carbons (Fsp3) is 0.600. The fourth-order valence-electron chi connectivity index (χ4n) is 2.96. The van der Waals surface area contributed by atoms with Gasteiger partial charge >= 0.3 is 0 Å². The first-order valence-electron chi connectivity index (χ1n) is 6.36. The highest BCUT2D eigenvalue weighted by Gasteiger charge is 2.34. The highest BCUT2D eigenvalue weighted by Crippen LogP contribution is 2.45. The molecule has 0 bridgehead atoms. The molecule has 0 heterocycles. The third-order valence-electron chi connectivity index (χ3n) is 3.80. The minimum Gasteiger partial charge on any atom is -0.612 e. The Hall–Kier alpha value is -0.470. The zero-order valence-electron chi connectivity index (χ0n) is 11.2. The van der Waals surface area contributed by atoms with Gasteiger partial charge in [0.15, 0.2) is 4.90 Å². The van der Waals surface area contributed by atoms with Crippen LogP contribution in [0.2, 0.25) is 0 Å². The number of fused-ring (bicyclic) bond motifs is 1. The van der Waals surface area contributed by atoms with Crippen LogP contribution in [0.25, 0.3) is 0 Å². The van der Waals surface area contributed by atoms with Crippen molar-refractivity contribution in [3.05, 3.63) is 29.3 Å². The summed E-state index contributed by atoms with van der Waals surface area (Å²) in [4.78, 5) is 1.06. The third kappa shape index (κ3) is 2.53. The lowest BCUT2D eigenvalue weighted by molar-refractivity contribution is 0.285. The van der Waals surface area contributed by atoms with Crippen LogP contribution in [0, 0.1) is 5.41 Å². The summed E-state index contributed by atoms with van der Waals surface area (Å²) in [5.74, 6) is 0.548. The summed E-state index contributed by atoms with van der Waals surface area (Å²) < 4.78 is 11.9. The Morgan fingerprint density at radius 1 is 1.29 bits per heavy atom. The fourth-order valence-corrected chi connectivity index (χ4v) is 3.81. The largest absolute Gasteiger partial charge is 0.612 e. The van der Waals surface area contributed by atoms with E-state index in [1.165, 1.54) is 24.0 Å². The van der Waals surface area contributed by atoms with Crippen molar-refractivity contribution in [3.8, 4) is 0 Å². The molecule has 0 spiro atoms. The zero-order chi connectivity index (χ0) is 12.6. The second-order valence-electron chi connectivity index (χ2n) is 6.09. The molecule has 0 saturated carbocycles. The molecular formula is C15H22OS. The molecule has 2 atom stereocenters. The van der Waals surface area contributed by atoms with Crippen molar-refractivity contribution in [1.82, 2.24) is 0 Å². The van der Waals surface area contributed by atoms with Crippen molar-refractivity contribution < 1.29 is 4.55 Å². The summed E-state index contributed by atoms with van der Waals surface area (Å²) in [5.41, 5.74) is 3.06. The van der Waals surface area contributed by atoms with Gasteiger partial charge in [-0.05, 0) is 53.4 Å². The quantitative estimate of drug-likeness (QED) is 0.693. The van der Waals surface area contributed by atoms with E-state index in [0.29, 0.717) is 5.92 Å². The number of benzene rings is 1. The first kappa shape index (κ1) is 13.0. The van der Waals surface area contributed by atoms with Gasteiger partial charge in [-0.1, -0.05) is 32.9 Å². The molecule has 0 fully saturated rings. The predicted molar refractivity (Wildman–Crippen MR) is 73.9 cm³/mol. The average molecular weight is 250 g/mol. The molecule has 2 rings (SSSR count). The van der Waals surface area contributed by atoms with Gasteiger partial charge in [0.05, 0.1) is 0 Å². The normalized spacial score (nSPS) is 22.1. The van der Waals surface area contributed by atoms with Gasteiger partial charge in [0, 0.05) is 5.56 Å². The van der Waals surface area contributed by atoms with Crippen LogP contribution in [-0.2, 0) is 17.6 Å². The number of hydrogen-bond donors (Lipinski definition) is 0. The Labute approximate surface area is 108 Å². The second kappa shape index (κ2) is 4.66. The monoisotopic (exact) mass is 250 g/mol. The topological polar surface area (TPSA) is 23.1 Å². The Bertz CT molecular complexity index is 404. The van der Waals surface area contributed by atoms with Gasteiger partial charge in [0.1, 0.15) is 6.26 Å². The van der Waals surface area contributed by atoms with Gasteiger partial charge in [0.2, 0.25) is 0 Å². The van der Waals surface area contributed by atoms with Gasteiger partial charge in [-0.25, -0.2) is 0 Å². The van der Waals surface area contributed by atoms with Gasteiger partial charge in [-0.3, -0.25) is 0 Å². The summed E-state index contributed by atoms with van der Waals surface area (Å²) in [7, 11) is 0. The molecule has 17 heavy (non-hydrogen) atoms. The van der Waals surface area contributed by atoms with Crippen LogP contribution >= 0.6 is 0 Å². The van der Waals surface area contributed by atoms with E-state index < -0.39 is 11.2 Å². The lowest BCUT2D eigenvalue weighted by atomic mass is 9.69. The van der Waals surface area contributed by atoms with Crippen molar-refractivity contribution in [2.75, 3.05) is 6.26 Å². The molecule has 0 amide bonds. The highest BCUT2D eigenvalue weighted by atomic mass is 32.2. The van der Waals surface area contributed by atoms with Crippen LogP contribution < -0.4 is 0 Å². The van der Waals surface area contributed by atoms with Crippen molar-refractivity contribution in [3.63, 3.8) is 0 Å². The second-order valence-corrected chi connectivity index (χ2v) is 7.44. The van der Waals surface area contributed by atoms with E-state index in [9.17, 15) is 4.55 Å². The molecule has 1 aromatic carbocycles. The Kier molecular flexibility index (Phi) is 3.55. The number of aryl methyl sites for hydroxylation is 1. The Balaban J connectivity index is 2.55. The van der Waals surface area contributed by atoms with Crippen molar-refractivity contribution in [2.45, 2.75) is 50.8 Å². The summed E-state index contributed by atoms with van der Waals surface area (Å²) in [5, 5.41) is 0. The lowest BCUT2D eigenvalue weighted by Crippen LogP contribution is -2.25. The van der Waals surface area contributed by atoms with Crippen LogP contribution in [0.4, 0.5) is 0 Å². The van der Waals surface area contributed by atoms with Gasteiger partial charge in [-0.2, -0.15) is 0 Å². The maximum atomic E-state index is 11.9. The number of rotatable bonds is 1. The molecule has 0 aliphatic heterocycles. The maximum absolute atomic E-state index is 11.9. The zero-order valence-corrected chi connectivity index (χ0v) is 12.1. The molecule has 0 aromatic heterocycles. The van der Waals surface area contributed by atoms with Crippen LogP contribution in [0.15, 0.2) is 23.1 Å². The molecule has 0 N–H and O–H groups in total. The van der Waals surface area contributed by atoms with Crippen LogP contribution in [-0.4, -0.2) is 10.8 Å². The Morgan fingerprint density at radius 3 is 2.59 bits per heavy atom. The van der Waals surface area contributed by atoms with E-state index in [4.69, 9.17) is 0 Å². The van der Waals surface area contributed by atoms with Crippen molar-refractivity contribution >= 4 is 11.2 Å². The minimum atomic E-state index is -0.874. The van der Waals surface area contributed by atoms with E-state index in [0.717, 1.165) is 11.3 Å². The van der Waals surface area contributed by atoms with E-state index in [1.54, 1.807) is 6.26 Å². The van der Waals surface area contributed by atoms with E-state index in [2.05, 4.69) is 32.9 Å². The first-order valence-corrected chi connectivity index (χ1v) is 7.92. The molecule has 1 aliphatic carbocycles. The molecule has 94 valence electrons. The Morgan fingerprint density at radius 2 is 2.00 bits per heavy atom. The molecule has 1 aromatic rings. The van der Waals surface area contributed by atoms with Gasteiger partial charge in [-0.15, -0.1) is 0 Å². The number of hydrogen-bond acceptors (Lipinski definition) is 1. The van der Waals surface area contributed by atoms with E-state index in [-0.39, 0.29) is 5.41 Å². The predicted octanol–water partition coefficient (Wildman–Crippen LogP) is 3.89. The molecule has 0 radical (unpaired) electrons. The van der Waals surface area contributed by atoms with Crippen LogP contribution in [0.1, 0.15) is 50.7 Å². The molecule has 2 unspecified atom stereocenters. The molecule has 1 aliphatic rings. The van der Waals surface area contributed by atoms with Crippen LogP contribution in [0.3, 0.4) is 0 Å². The highest BCUT2D eigenvalue weighted by molar-refractivity contribution is 7.90. The molecule has 1 nitrogen and oxygen atoms in total. The van der Waals surface area contributed by atoms with E-state index >= 15 is 0 Å². The van der Waals surface area contributed by atoms with E-state index in [1.807, 2.05) is 6.07 Å². The summed E-state index contributed by atoms with van der Waals surface area (Å²) >= 11 is -0.874. The minimum absolute atomic E-state index is 0.255. The van der Waals surface area contributed by atoms with Crippen molar-refractivity contribution in [2.24, 2.45) is 5.41 Å². The van der Waals surface area contributed by atoms with Crippen LogP contribution in [0.5, 0.6) is 0 Å². The summed E-state index contributed by atoms with van der Waals surface area (Å²) in [6.45, 7) is 6.88. The molecular weight excluding hydrogens is 228 g/mol. The smallest absolute Gasteiger partial charge is 0.156 e. The third-order valence-corrected chi connectivity index (χ3v) is 4.77. The van der Waals surface area contributed by atoms with Crippen molar-refractivity contribution in [1.29, 1.82) is 0 Å². The standard InChI is InChI=1S/C15H22OS/c1-15(2,3)12-9-5-7-11-8-6-10-13(14(11)12)17(4)16/h6,8,10,12H,5,7,9H2,1-4H3. The van der Waals surface area contributed by atoms with Gasteiger partial charge < -0.3 is 4.55 Å². The maximum Gasteiger partial charge on any atom is 0.156 e. The summed E-state index contributed by atoms with van der Waals surface area (Å²) in [6, 6.07) is 6.31. The first-order chi connectivity index (χ1) is 7.91. The molecule has 2 heteroatoms. The SMILES string of the molecule is C[S+]([O-])c1cccc2c1C(C(C)(C)C)CCC2. The average Bonchev–Trinajstić information content (AvgIpc) is 2.26. The molecule has 0 saturated heterocycles. The van der Waals surface area contributed by atoms with Gasteiger partial charge in [0.25, 0.3) is 0 Å².